The van der Waals surface area contributed by atoms with Crippen LogP contribution >= 0.6 is 0 Å². The molecule has 3 aromatic rings. The molecule has 0 spiro atoms. The second kappa shape index (κ2) is 15.8. The largest absolute Gasteiger partial charge is 0.496 e. The summed E-state index contributed by atoms with van der Waals surface area (Å²) in [5.74, 6) is 1.11. The molecule has 256 valence electrons. The van der Waals surface area contributed by atoms with Gasteiger partial charge < -0.3 is 23.5 Å². The first-order valence-corrected chi connectivity index (χ1v) is 21.7. The fraction of sp³-hybridized carbons (Fsp3) is 0.657. The van der Waals surface area contributed by atoms with E-state index in [1.165, 1.54) is 0 Å². The molecule has 1 fully saturated rings. The van der Waals surface area contributed by atoms with E-state index in [2.05, 4.69) is 48.0 Å². The zero-order chi connectivity index (χ0) is 33.5. The zero-order valence-electron chi connectivity index (χ0n) is 29.5. The van der Waals surface area contributed by atoms with Crippen molar-refractivity contribution in [3.63, 3.8) is 0 Å². The molecule has 1 aromatic carbocycles. The number of benzene rings is 1. The third-order valence-corrected chi connectivity index (χ3v) is 11.9. The quantitative estimate of drug-likeness (QED) is 0.115. The SMILES string of the molecule is CCC1(CCCCC[C@H](NS(=O)C(C)(C)C)c2ncc(-c3cc4ccc(C)nc4cc3OC)n2COCC[Si](C)(C)C)OCCO1. The van der Waals surface area contributed by atoms with Gasteiger partial charge in [0.15, 0.2) is 5.79 Å². The van der Waals surface area contributed by atoms with E-state index in [0.717, 1.165) is 84.0 Å². The summed E-state index contributed by atoms with van der Waals surface area (Å²) >= 11 is 0. The van der Waals surface area contributed by atoms with Gasteiger partial charge in [0.2, 0.25) is 0 Å². The van der Waals surface area contributed by atoms with Crippen LogP contribution in [0.5, 0.6) is 5.75 Å². The molecule has 46 heavy (non-hydrogen) atoms. The number of imidazole rings is 1. The van der Waals surface area contributed by atoms with E-state index in [0.29, 0.717) is 26.6 Å². The Balaban J connectivity index is 1.66. The van der Waals surface area contributed by atoms with Gasteiger partial charge in [-0.1, -0.05) is 45.5 Å². The van der Waals surface area contributed by atoms with Crippen molar-refractivity contribution in [1.29, 1.82) is 0 Å². The zero-order valence-corrected chi connectivity index (χ0v) is 31.3. The lowest BCUT2D eigenvalue weighted by Crippen LogP contribution is -2.37. The van der Waals surface area contributed by atoms with Gasteiger partial charge in [0.25, 0.3) is 0 Å². The minimum absolute atomic E-state index is 0.232. The van der Waals surface area contributed by atoms with Crippen LogP contribution in [0.15, 0.2) is 30.5 Å². The first-order chi connectivity index (χ1) is 21.7. The summed E-state index contributed by atoms with van der Waals surface area (Å²) in [6.45, 7) is 19.5. The highest BCUT2D eigenvalue weighted by Crippen LogP contribution is 2.36. The van der Waals surface area contributed by atoms with Crippen LogP contribution in [0.3, 0.4) is 0 Å². The normalized spacial score (nSPS) is 16.6. The molecule has 1 N–H and O–H groups in total. The molecule has 2 aromatic heterocycles. The van der Waals surface area contributed by atoms with Crippen LogP contribution in [0.1, 0.15) is 83.8 Å². The molecule has 1 aliphatic heterocycles. The molecular weight excluding hydrogens is 617 g/mol. The Morgan fingerprint density at radius 3 is 2.52 bits per heavy atom. The van der Waals surface area contributed by atoms with Gasteiger partial charge in [-0.05, 0) is 65.1 Å². The Hall–Kier alpha value is -2.15. The molecule has 9 nitrogen and oxygen atoms in total. The first-order valence-electron chi connectivity index (χ1n) is 16.8. The predicted molar refractivity (Wildman–Crippen MR) is 190 cm³/mol. The molecule has 0 amide bonds. The van der Waals surface area contributed by atoms with Gasteiger partial charge in [0.05, 0.1) is 59.5 Å². The summed E-state index contributed by atoms with van der Waals surface area (Å²) < 4.78 is 42.8. The monoisotopic (exact) mass is 672 g/mol. The minimum Gasteiger partial charge on any atom is -0.496 e. The number of nitrogens with zero attached hydrogens (tertiary/aromatic N) is 3. The Morgan fingerprint density at radius 2 is 1.87 bits per heavy atom. The van der Waals surface area contributed by atoms with Crippen LogP contribution in [0.25, 0.3) is 22.2 Å². The van der Waals surface area contributed by atoms with E-state index >= 15 is 0 Å². The van der Waals surface area contributed by atoms with Crippen molar-refractivity contribution in [2.45, 2.75) is 122 Å². The number of pyridine rings is 1. The number of unbranched alkanes of at least 4 members (excludes halogenated alkanes) is 2. The molecule has 0 radical (unpaired) electrons. The summed E-state index contributed by atoms with van der Waals surface area (Å²) in [6.07, 6.45) is 7.39. The smallest absolute Gasteiger partial charge is 0.168 e. The van der Waals surface area contributed by atoms with Crippen LogP contribution in [-0.4, -0.2) is 64.3 Å². The third-order valence-electron chi connectivity index (χ3n) is 8.55. The van der Waals surface area contributed by atoms with Crippen molar-refractivity contribution < 1.29 is 23.2 Å². The second-order valence-corrected chi connectivity index (χ2v) is 22.2. The lowest BCUT2D eigenvalue weighted by Gasteiger charge is -2.27. The van der Waals surface area contributed by atoms with Crippen molar-refractivity contribution >= 4 is 30.0 Å². The lowest BCUT2D eigenvalue weighted by molar-refractivity contribution is -0.164. The topological polar surface area (TPSA) is 96.7 Å². The molecule has 1 saturated heterocycles. The van der Waals surface area contributed by atoms with Crippen molar-refractivity contribution in [3.8, 4) is 17.0 Å². The maximum absolute atomic E-state index is 13.5. The molecule has 0 saturated carbocycles. The second-order valence-electron chi connectivity index (χ2n) is 14.6. The van der Waals surface area contributed by atoms with Crippen LogP contribution in [0.2, 0.25) is 25.7 Å². The Labute approximate surface area is 279 Å². The fourth-order valence-corrected chi connectivity index (χ4v) is 7.26. The summed E-state index contributed by atoms with van der Waals surface area (Å²) in [4.78, 5) is 9.71. The molecule has 4 rings (SSSR count). The molecular formula is C35H56N4O5SSi. The predicted octanol–water partition coefficient (Wildman–Crippen LogP) is 7.92. The Kier molecular flexibility index (Phi) is 12.6. The average molecular weight is 673 g/mol. The number of ether oxygens (including phenoxy) is 4. The van der Waals surface area contributed by atoms with Crippen LogP contribution in [0.4, 0.5) is 0 Å². The highest BCUT2D eigenvalue weighted by atomic mass is 32.2. The van der Waals surface area contributed by atoms with Gasteiger partial charge in [-0.2, -0.15) is 0 Å². The Morgan fingerprint density at radius 1 is 1.13 bits per heavy atom. The summed E-state index contributed by atoms with van der Waals surface area (Å²) in [5.41, 5.74) is 3.66. The minimum atomic E-state index is -1.29. The number of methoxy groups -OCH3 is 1. The van der Waals surface area contributed by atoms with Crippen molar-refractivity contribution in [3.05, 3.63) is 42.0 Å². The fourth-order valence-electron chi connectivity index (χ4n) is 5.66. The number of fused-ring (bicyclic) bond motifs is 1. The van der Waals surface area contributed by atoms with Crippen LogP contribution in [-0.2, 0) is 31.9 Å². The number of nitrogens with one attached hydrogen (secondary N) is 1. The molecule has 0 bridgehead atoms. The lowest BCUT2D eigenvalue weighted by atomic mass is 10.0. The number of aryl methyl sites for hydroxylation is 1. The van der Waals surface area contributed by atoms with E-state index in [1.54, 1.807) is 7.11 Å². The van der Waals surface area contributed by atoms with Gasteiger partial charge in [-0.3, -0.25) is 4.98 Å². The standard InChI is InChI=1S/C35H56N4O5SSi/c1-10-35(43-18-19-44-35)17-13-11-12-14-29(38-45(40)34(3,4)5)33-36-24-31(39(33)25-42-20-21-46(7,8)9)28-22-27-16-15-26(2)37-30(27)23-32(28)41-6/h15-16,22-24,29,38H,10-14,17-21,25H2,1-9H3/t29-,45?/m0/s1. The number of rotatable bonds is 17. The maximum Gasteiger partial charge on any atom is 0.168 e. The van der Waals surface area contributed by atoms with E-state index < -0.39 is 29.6 Å². The average Bonchev–Trinajstić information content (AvgIpc) is 3.64. The highest BCUT2D eigenvalue weighted by molar-refractivity contribution is 7.84. The molecule has 1 unspecified atom stereocenters. The number of aromatic nitrogens is 3. The summed E-state index contributed by atoms with van der Waals surface area (Å²) in [5, 5.41) is 1.03. The number of hydrogen-bond donors (Lipinski definition) is 1. The highest BCUT2D eigenvalue weighted by Gasteiger charge is 2.34. The Bertz CT molecular complexity index is 1460. The van der Waals surface area contributed by atoms with Gasteiger partial charge in [-0.25, -0.2) is 13.9 Å². The number of hydrogen-bond acceptors (Lipinski definition) is 7. The van der Waals surface area contributed by atoms with Gasteiger partial charge in [0, 0.05) is 43.8 Å². The first kappa shape index (κ1) is 36.7. The van der Waals surface area contributed by atoms with Crippen molar-refractivity contribution in [1.82, 2.24) is 19.3 Å². The van der Waals surface area contributed by atoms with E-state index in [1.807, 2.05) is 46.0 Å². The van der Waals surface area contributed by atoms with E-state index in [-0.39, 0.29) is 6.04 Å². The molecule has 1 aliphatic rings. The van der Waals surface area contributed by atoms with Crippen molar-refractivity contribution in [2.75, 3.05) is 26.9 Å². The molecule has 0 aliphatic carbocycles. The molecule has 2 atom stereocenters. The summed E-state index contributed by atoms with van der Waals surface area (Å²) in [6, 6.07) is 9.06. The van der Waals surface area contributed by atoms with Gasteiger partial charge >= 0.3 is 0 Å². The van der Waals surface area contributed by atoms with Gasteiger partial charge in [0.1, 0.15) is 18.3 Å². The third kappa shape index (κ3) is 9.70. The van der Waals surface area contributed by atoms with Gasteiger partial charge in [-0.15, -0.1) is 0 Å². The summed E-state index contributed by atoms with van der Waals surface area (Å²) in [7, 11) is -0.874. The van der Waals surface area contributed by atoms with Crippen LogP contribution in [0, 0.1) is 6.92 Å². The van der Waals surface area contributed by atoms with Crippen molar-refractivity contribution in [2.24, 2.45) is 0 Å². The molecule has 3 heterocycles. The maximum atomic E-state index is 13.5. The van der Waals surface area contributed by atoms with Crippen LogP contribution < -0.4 is 9.46 Å². The molecule has 11 heteroatoms. The van der Waals surface area contributed by atoms with E-state index in [9.17, 15) is 4.21 Å². The van der Waals surface area contributed by atoms with E-state index in [4.69, 9.17) is 28.9 Å².